The van der Waals surface area contributed by atoms with Crippen LogP contribution in [0.2, 0.25) is 0 Å². The highest BCUT2D eigenvalue weighted by Crippen LogP contribution is 2.15. The summed E-state index contributed by atoms with van der Waals surface area (Å²) in [5, 5.41) is 0. The molecule has 0 aromatic heterocycles. The maximum Gasteiger partial charge on any atom is 0.320 e. The number of carbonyl (C=O) groups is 1. The molecule has 0 aliphatic carbocycles. The minimum atomic E-state index is -3.74. The maximum absolute atomic E-state index is 11.8. The van der Waals surface area contributed by atoms with E-state index in [4.69, 9.17) is 4.74 Å². The molecule has 6 nitrogen and oxygen atoms in total. The van der Waals surface area contributed by atoms with Crippen molar-refractivity contribution in [3.05, 3.63) is 24.3 Å². The monoisotopic (exact) mass is 297 g/mol. The first kappa shape index (κ1) is 16.0. The lowest BCUT2D eigenvalue weighted by Crippen LogP contribution is -2.30. The third kappa shape index (κ3) is 4.91. The Hall–Kier alpha value is -2.04. The van der Waals surface area contributed by atoms with E-state index in [9.17, 15) is 13.2 Å². The molecule has 0 bridgehead atoms. The summed E-state index contributed by atoms with van der Waals surface area (Å²) in [6.45, 7) is 1.53. The molecule has 0 spiro atoms. The topological polar surface area (TPSA) is 81.7 Å². The van der Waals surface area contributed by atoms with Crippen molar-refractivity contribution in [3.63, 3.8) is 0 Å². The number of methoxy groups -OCH3 is 1. The van der Waals surface area contributed by atoms with Gasteiger partial charge in [-0.3, -0.25) is 4.79 Å². The number of hydrogen-bond acceptors (Lipinski definition) is 5. The number of benzene rings is 1. The van der Waals surface area contributed by atoms with Crippen LogP contribution in [0.3, 0.4) is 0 Å². The Balaban J connectivity index is 2.70. The Morgan fingerprint density at radius 1 is 1.30 bits per heavy atom. The van der Waals surface area contributed by atoms with Gasteiger partial charge in [-0.05, 0) is 31.2 Å². The molecule has 0 unspecified atom stereocenters. The smallest absolute Gasteiger partial charge is 0.320 e. The minimum Gasteiger partial charge on any atom is -0.481 e. The second-order valence-corrected chi connectivity index (χ2v) is 5.35. The zero-order valence-electron chi connectivity index (χ0n) is 11.2. The number of carbonyl (C=O) groups excluding carboxylic acids is 1. The third-order valence-electron chi connectivity index (χ3n) is 2.26. The van der Waals surface area contributed by atoms with E-state index in [-0.39, 0.29) is 11.5 Å². The van der Waals surface area contributed by atoms with E-state index in [0.717, 1.165) is 0 Å². The summed E-state index contributed by atoms with van der Waals surface area (Å²) in [5.41, 5.74) is 0. The Morgan fingerprint density at radius 3 is 2.50 bits per heavy atom. The van der Waals surface area contributed by atoms with Gasteiger partial charge in [0.05, 0.1) is 12.0 Å². The van der Waals surface area contributed by atoms with Crippen LogP contribution in [0.4, 0.5) is 0 Å². The number of esters is 1. The highest BCUT2D eigenvalue weighted by Gasteiger charge is 2.15. The number of rotatable bonds is 6. The number of sulfonamides is 1. The van der Waals surface area contributed by atoms with Gasteiger partial charge in [0.2, 0.25) is 10.0 Å². The molecule has 1 N–H and O–H groups in total. The average molecular weight is 297 g/mol. The van der Waals surface area contributed by atoms with Crippen LogP contribution in [0, 0.1) is 11.8 Å². The SMILES string of the molecule is CC#CCOc1ccc(S(=O)(=O)NCC(=O)OC)cc1. The number of hydrogen-bond donors (Lipinski definition) is 1. The van der Waals surface area contributed by atoms with Crippen molar-refractivity contribution in [2.24, 2.45) is 0 Å². The van der Waals surface area contributed by atoms with Crippen molar-refractivity contribution in [2.75, 3.05) is 20.3 Å². The van der Waals surface area contributed by atoms with Crippen LogP contribution < -0.4 is 9.46 Å². The summed E-state index contributed by atoms with van der Waals surface area (Å²) >= 11 is 0. The van der Waals surface area contributed by atoms with Crippen molar-refractivity contribution in [1.29, 1.82) is 0 Å². The predicted octanol–water partition coefficient (Wildman–Crippen LogP) is 0.540. The van der Waals surface area contributed by atoms with Crippen LogP contribution in [-0.2, 0) is 19.6 Å². The molecular weight excluding hydrogens is 282 g/mol. The van der Waals surface area contributed by atoms with Crippen molar-refractivity contribution in [1.82, 2.24) is 4.72 Å². The first-order valence-corrected chi connectivity index (χ1v) is 7.17. The second-order valence-electron chi connectivity index (χ2n) is 3.59. The van der Waals surface area contributed by atoms with Crippen LogP contribution >= 0.6 is 0 Å². The summed E-state index contributed by atoms with van der Waals surface area (Å²) in [6, 6.07) is 5.80. The van der Waals surface area contributed by atoms with Gasteiger partial charge in [-0.2, -0.15) is 4.72 Å². The van der Waals surface area contributed by atoms with Crippen molar-refractivity contribution >= 4 is 16.0 Å². The zero-order chi connectivity index (χ0) is 15.0. The van der Waals surface area contributed by atoms with E-state index in [0.29, 0.717) is 5.75 Å². The van der Waals surface area contributed by atoms with Crippen LogP contribution in [0.15, 0.2) is 29.2 Å². The van der Waals surface area contributed by atoms with Gasteiger partial charge in [-0.25, -0.2) is 8.42 Å². The normalized spacial score (nSPS) is 10.3. The molecule has 0 heterocycles. The quantitative estimate of drug-likeness (QED) is 0.612. The first-order valence-electron chi connectivity index (χ1n) is 5.68. The van der Waals surface area contributed by atoms with Crippen LogP contribution in [-0.4, -0.2) is 34.6 Å². The van der Waals surface area contributed by atoms with Gasteiger partial charge in [0.25, 0.3) is 0 Å². The highest BCUT2D eigenvalue weighted by molar-refractivity contribution is 7.89. The van der Waals surface area contributed by atoms with E-state index >= 15 is 0 Å². The Bertz CT molecular complexity index is 610. The molecule has 20 heavy (non-hydrogen) atoms. The fourth-order valence-corrected chi connectivity index (χ4v) is 2.18. The average Bonchev–Trinajstić information content (AvgIpc) is 2.45. The largest absolute Gasteiger partial charge is 0.481 e. The lowest BCUT2D eigenvalue weighted by Gasteiger charge is -2.07. The van der Waals surface area contributed by atoms with Gasteiger partial charge in [0.15, 0.2) is 0 Å². The molecular formula is C13H15NO5S. The van der Waals surface area contributed by atoms with Gasteiger partial charge in [0, 0.05) is 0 Å². The third-order valence-corrected chi connectivity index (χ3v) is 3.67. The summed E-state index contributed by atoms with van der Waals surface area (Å²) in [5.74, 6) is 5.26. The minimum absolute atomic E-state index is 0.0373. The van der Waals surface area contributed by atoms with Crippen molar-refractivity contribution in [2.45, 2.75) is 11.8 Å². The van der Waals surface area contributed by atoms with E-state index in [1.807, 2.05) is 0 Å². The van der Waals surface area contributed by atoms with Crippen molar-refractivity contribution < 1.29 is 22.7 Å². The van der Waals surface area contributed by atoms with E-state index in [1.165, 1.54) is 31.4 Å². The molecule has 0 radical (unpaired) electrons. The number of nitrogens with one attached hydrogen (secondary N) is 1. The summed E-state index contributed by atoms with van der Waals surface area (Å²) in [6.07, 6.45) is 0. The molecule has 0 fully saturated rings. The van der Waals surface area contributed by atoms with Crippen molar-refractivity contribution in [3.8, 4) is 17.6 Å². The lowest BCUT2D eigenvalue weighted by molar-refractivity contribution is -0.139. The molecule has 0 atom stereocenters. The van der Waals surface area contributed by atoms with Crippen LogP contribution in [0.5, 0.6) is 5.75 Å². The second kappa shape index (κ2) is 7.53. The summed E-state index contributed by atoms with van der Waals surface area (Å²) in [7, 11) is -2.56. The highest BCUT2D eigenvalue weighted by atomic mass is 32.2. The Labute approximate surface area is 118 Å². The molecule has 0 aliphatic rings. The zero-order valence-corrected chi connectivity index (χ0v) is 12.0. The Kier molecular flexibility index (Phi) is 6.03. The van der Waals surface area contributed by atoms with Gasteiger partial charge in [-0.1, -0.05) is 5.92 Å². The lowest BCUT2D eigenvalue weighted by atomic mass is 10.3. The van der Waals surface area contributed by atoms with Gasteiger partial charge in [0.1, 0.15) is 18.9 Å². The fraction of sp³-hybridized carbons (Fsp3) is 0.308. The molecule has 1 aromatic carbocycles. The van der Waals surface area contributed by atoms with E-state index in [1.54, 1.807) is 6.92 Å². The molecule has 0 saturated heterocycles. The van der Waals surface area contributed by atoms with E-state index in [2.05, 4.69) is 21.3 Å². The molecule has 0 aliphatic heterocycles. The molecule has 108 valence electrons. The van der Waals surface area contributed by atoms with Gasteiger partial charge < -0.3 is 9.47 Å². The Morgan fingerprint density at radius 2 is 1.95 bits per heavy atom. The first-order chi connectivity index (χ1) is 9.49. The molecule has 1 rings (SSSR count). The van der Waals surface area contributed by atoms with Crippen LogP contribution in [0.25, 0.3) is 0 Å². The molecule has 0 amide bonds. The summed E-state index contributed by atoms with van der Waals surface area (Å²) < 4.78 is 35.4. The maximum atomic E-state index is 11.8. The molecule has 7 heteroatoms. The van der Waals surface area contributed by atoms with Crippen LogP contribution in [0.1, 0.15) is 6.92 Å². The standard InChI is InChI=1S/C13H15NO5S/c1-3-4-9-19-11-5-7-12(8-6-11)20(16,17)14-10-13(15)18-2/h5-8,14H,9-10H2,1-2H3. The molecule has 0 saturated carbocycles. The molecule has 1 aromatic rings. The van der Waals surface area contributed by atoms with Gasteiger partial charge >= 0.3 is 5.97 Å². The predicted molar refractivity (Wildman–Crippen MR) is 72.6 cm³/mol. The van der Waals surface area contributed by atoms with Gasteiger partial charge in [-0.15, -0.1) is 5.92 Å². The fourth-order valence-electron chi connectivity index (χ4n) is 1.22. The number of ether oxygens (including phenoxy) is 2. The van der Waals surface area contributed by atoms with E-state index < -0.39 is 22.5 Å². The summed E-state index contributed by atoms with van der Waals surface area (Å²) in [4.78, 5) is 10.9.